The lowest BCUT2D eigenvalue weighted by atomic mass is 10.1. The van der Waals surface area contributed by atoms with Crippen molar-refractivity contribution >= 4 is 5.97 Å². The Balaban J connectivity index is 1.93. The Morgan fingerprint density at radius 2 is 1.85 bits per heavy atom. The molecule has 20 heavy (non-hydrogen) atoms. The van der Waals surface area contributed by atoms with Crippen molar-refractivity contribution in [2.24, 2.45) is 0 Å². The van der Waals surface area contributed by atoms with Gasteiger partial charge in [-0.25, -0.2) is 4.79 Å². The zero-order chi connectivity index (χ0) is 14.5. The molecule has 1 unspecified atom stereocenters. The highest BCUT2D eigenvalue weighted by molar-refractivity contribution is 5.84. The molecule has 0 saturated heterocycles. The number of furan rings is 1. The number of carbonyl (C=O) groups is 1. The first-order valence-corrected chi connectivity index (χ1v) is 6.74. The fourth-order valence-corrected chi connectivity index (χ4v) is 1.96. The summed E-state index contributed by atoms with van der Waals surface area (Å²) in [6, 6.07) is 11.6. The van der Waals surface area contributed by atoms with Gasteiger partial charge in [0.1, 0.15) is 5.76 Å². The van der Waals surface area contributed by atoms with Crippen molar-refractivity contribution in [3.05, 3.63) is 59.0 Å². The SMILES string of the molecule is CCc1ccc(CNC(C)c2ccc(C(=O)O)o2)cc1. The van der Waals surface area contributed by atoms with Gasteiger partial charge in [-0.1, -0.05) is 31.2 Å². The molecule has 0 fully saturated rings. The van der Waals surface area contributed by atoms with Gasteiger partial charge in [-0.2, -0.15) is 0 Å². The van der Waals surface area contributed by atoms with Gasteiger partial charge in [0.15, 0.2) is 0 Å². The van der Waals surface area contributed by atoms with E-state index in [1.807, 2.05) is 6.92 Å². The van der Waals surface area contributed by atoms with Gasteiger partial charge in [-0.3, -0.25) is 0 Å². The molecule has 2 rings (SSSR count). The molecule has 1 aromatic carbocycles. The minimum Gasteiger partial charge on any atom is -0.475 e. The van der Waals surface area contributed by atoms with Crippen LogP contribution in [0.3, 0.4) is 0 Å². The van der Waals surface area contributed by atoms with Gasteiger partial charge in [0.25, 0.3) is 0 Å². The molecule has 106 valence electrons. The topological polar surface area (TPSA) is 62.5 Å². The Hall–Kier alpha value is -2.07. The summed E-state index contributed by atoms with van der Waals surface area (Å²) in [5.74, 6) is -0.438. The first-order chi connectivity index (χ1) is 9.60. The Kier molecular flexibility index (Phi) is 4.58. The van der Waals surface area contributed by atoms with Crippen molar-refractivity contribution in [2.75, 3.05) is 0 Å². The summed E-state index contributed by atoms with van der Waals surface area (Å²) in [5, 5.41) is 12.1. The number of nitrogens with one attached hydrogen (secondary N) is 1. The van der Waals surface area contributed by atoms with Crippen molar-refractivity contribution in [3.63, 3.8) is 0 Å². The molecule has 0 bridgehead atoms. The van der Waals surface area contributed by atoms with Crippen LogP contribution in [0.5, 0.6) is 0 Å². The standard InChI is InChI=1S/C16H19NO3/c1-3-12-4-6-13(7-5-12)10-17-11(2)14-8-9-15(20-14)16(18)19/h4-9,11,17H,3,10H2,1-2H3,(H,18,19). The van der Waals surface area contributed by atoms with Crippen molar-refractivity contribution in [3.8, 4) is 0 Å². The zero-order valence-electron chi connectivity index (χ0n) is 11.7. The summed E-state index contributed by atoms with van der Waals surface area (Å²) in [6.07, 6.45) is 1.04. The molecule has 0 aliphatic heterocycles. The van der Waals surface area contributed by atoms with E-state index in [0.29, 0.717) is 12.3 Å². The van der Waals surface area contributed by atoms with Crippen molar-refractivity contribution in [2.45, 2.75) is 32.9 Å². The fourth-order valence-electron chi connectivity index (χ4n) is 1.96. The monoisotopic (exact) mass is 273 g/mol. The number of carboxylic acids is 1. The van der Waals surface area contributed by atoms with Gasteiger partial charge in [0, 0.05) is 6.54 Å². The average Bonchev–Trinajstić information content (AvgIpc) is 2.95. The molecule has 2 aromatic rings. The average molecular weight is 273 g/mol. The van der Waals surface area contributed by atoms with Crippen molar-refractivity contribution in [1.82, 2.24) is 5.32 Å². The zero-order valence-corrected chi connectivity index (χ0v) is 11.7. The Morgan fingerprint density at radius 1 is 1.20 bits per heavy atom. The molecule has 1 aromatic heterocycles. The maximum absolute atomic E-state index is 10.8. The van der Waals surface area contributed by atoms with Crippen LogP contribution in [0.4, 0.5) is 0 Å². The molecule has 0 spiro atoms. The summed E-state index contributed by atoms with van der Waals surface area (Å²) < 4.78 is 5.27. The lowest BCUT2D eigenvalue weighted by Gasteiger charge is -2.11. The van der Waals surface area contributed by atoms with Gasteiger partial charge in [0.05, 0.1) is 6.04 Å². The lowest BCUT2D eigenvalue weighted by molar-refractivity contribution is 0.0659. The normalized spacial score (nSPS) is 12.3. The highest BCUT2D eigenvalue weighted by Crippen LogP contribution is 2.17. The summed E-state index contributed by atoms with van der Waals surface area (Å²) in [6.45, 7) is 4.80. The molecule has 1 atom stereocenters. The molecular formula is C16H19NO3. The van der Waals surface area contributed by atoms with E-state index in [4.69, 9.17) is 9.52 Å². The molecule has 0 saturated carbocycles. The second-order valence-corrected chi connectivity index (χ2v) is 4.78. The highest BCUT2D eigenvalue weighted by atomic mass is 16.4. The van der Waals surface area contributed by atoms with E-state index in [-0.39, 0.29) is 11.8 Å². The number of aryl methyl sites for hydroxylation is 1. The highest BCUT2D eigenvalue weighted by Gasteiger charge is 2.13. The van der Waals surface area contributed by atoms with E-state index in [1.54, 1.807) is 6.07 Å². The number of hydrogen-bond acceptors (Lipinski definition) is 3. The Labute approximate surface area is 118 Å². The minimum absolute atomic E-state index is 0.0269. The van der Waals surface area contributed by atoms with E-state index in [9.17, 15) is 4.79 Å². The van der Waals surface area contributed by atoms with Crippen molar-refractivity contribution < 1.29 is 14.3 Å². The third-order valence-electron chi connectivity index (χ3n) is 3.31. The molecule has 0 amide bonds. The predicted octanol–water partition coefficient (Wildman–Crippen LogP) is 3.39. The number of aromatic carboxylic acids is 1. The summed E-state index contributed by atoms with van der Waals surface area (Å²) in [4.78, 5) is 10.8. The molecule has 4 heteroatoms. The van der Waals surface area contributed by atoms with E-state index in [2.05, 4.69) is 36.5 Å². The van der Waals surface area contributed by atoms with Crippen LogP contribution in [0.2, 0.25) is 0 Å². The van der Waals surface area contributed by atoms with Gasteiger partial charge in [-0.05, 0) is 36.6 Å². The molecular weight excluding hydrogens is 254 g/mol. The van der Waals surface area contributed by atoms with E-state index < -0.39 is 5.97 Å². The van der Waals surface area contributed by atoms with Crippen LogP contribution in [0.15, 0.2) is 40.8 Å². The molecule has 1 heterocycles. The van der Waals surface area contributed by atoms with Crippen LogP contribution in [-0.4, -0.2) is 11.1 Å². The predicted molar refractivity (Wildman–Crippen MR) is 76.7 cm³/mol. The second-order valence-electron chi connectivity index (χ2n) is 4.78. The summed E-state index contributed by atoms with van der Waals surface area (Å²) in [5.41, 5.74) is 2.51. The quantitative estimate of drug-likeness (QED) is 0.846. The largest absolute Gasteiger partial charge is 0.475 e. The first kappa shape index (κ1) is 14.3. The molecule has 2 N–H and O–H groups in total. The second kappa shape index (κ2) is 6.39. The molecule has 0 radical (unpaired) electrons. The van der Waals surface area contributed by atoms with Crippen LogP contribution in [0.1, 0.15) is 47.3 Å². The third-order valence-corrected chi connectivity index (χ3v) is 3.31. The van der Waals surface area contributed by atoms with Crippen LogP contribution < -0.4 is 5.32 Å². The third kappa shape index (κ3) is 3.48. The fraction of sp³-hybridized carbons (Fsp3) is 0.312. The minimum atomic E-state index is -1.04. The maximum Gasteiger partial charge on any atom is 0.371 e. The van der Waals surface area contributed by atoms with Crippen LogP contribution in [0, 0.1) is 0 Å². The van der Waals surface area contributed by atoms with Gasteiger partial charge < -0.3 is 14.8 Å². The molecule has 0 aliphatic carbocycles. The molecule has 0 aliphatic rings. The van der Waals surface area contributed by atoms with Crippen LogP contribution in [0.25, 0.3) is 0 Å². The van der Waals surface area contributed by atoms with Gasteiger partial charge >= 0.3 is 5.97 Å². The Morgan fingerprint density at radius 3 is 2.40 bits per heavy atom. The Bertz CT molecular complexity index is 572. The van der Waals surface area contributed by atoms with Crippen LogP contribution in [-0.2, 0) is 13.0 Å². The van der Waals surface area contributed by atoms with E-state index in [1.165, 1.54) is 17.2 Å². The maximum atomic E-state index is 10.8. The van der Waals surface area contributed by atoms with E-state index in [0.717, 1.165) is 6.42 Å². The number of carboxylic acid groups (broad SMARTS) is 1. The van der Waals surface area contributed by atoms with Gasteiger partial charge in [-0.15, -0.1) is 0 Å². The lowest BCUT2D eigenvalue weighted by Crippen LogP contribution is -2.17. The van der Waals surface area contributed by atoms with E-state index >= 15 is 0 Å². The molecule has 4 nitrogen and oxygen atoms in total. The number of benzene rings is 1. The van der Waals surface area contributed by atoms with Crippen LogP contribution >= 0.6 is 0 Å². The smallest absolute Gasteiger partial charge is 0.371 e. The van der Waals surface area contributed by atoms with Crippen molar-refractivity contribution in [1.29, 1.82) is 0 Å². The summed E-state index contributed by atoms with van der Waals surface area (Å²) >= 11 is 0. The summed E-state index contributed by atoms with van der Waals surface area (Å²) in [7, 11) is 0. The first-order valence-electron chi connectivity index (χ1n) is 6.74. The number of hydrogen-bond donors (Lipinski definition) is 2. The number of rotatable bonds is 6. The van der Waals surface area contributed by atoms with Gasteiger partial charge in [0.2, 0.25) is 5.76 Å².